The zero-order valence-corrected chi connectivity index (χ0v) is 7.34. The Morgan fingerprint density at radius 1 is 1.50 bits per heavy atom. The molecule has 0 atom stereocenters. The van der Waals surface area contributed by atoms with Crippen molar-refractivity contribution < 1.29 is 4.79 Å². The molecule has 6 heavy (non-hydrogen) atoms. The summed E-state index contributed by atoms with van der Waals surface area (Å²) in [5, 5.41) is 0. The summed E-state index contributed by atoms with van der Waals surface area (Å²) < 4.78 is 0. The molecule has 0 fully saturated rings. The van der Waals surface area contributed by atoms with Crippen molar-refractivity contribution in [3.63, 3.8) is 0 Å². The molecular formula is C4H10OSn. The molecule has 2 heteroatoms. The molecule has 0 saturated carbocycles. The van der Waals surface area contributed by atoms with E-state index in [1.165, 1.54) is 6.92 Å². The Kier molecular flexibility index (Phi) is 28.9. The maximum atomic E-state index is 8.81. The molecule has 0 spiro atoms. The van der Waals surface area contributed by atoms with Crippen LogP contribution in [0.1, 0.15) is 6.92 Å². The predicted molar refractivity (Wildman–Crippen MR) is 29.2 cm³/mol. The van der Waals surface area contributed by atoms with Crippen LogP contribution in [0.3, 0.4) is 0 Å². The van der Waals surface area contributed by atoms with Gasteiger partial charge in [-0.2, -0.15) is 0 Å². The monoisotopic (exact) mass is 194 g/mol. The van der Waals surface area contributed by atoms with Gasteiger partial charge in [0.15, 0.2) is 0 Å². The fourth-order valence-corrected chi connectivity index (χ4v) is 0. The summed E-state index contributed by atoms with van der Waals surface area (Å²) in [6, 6.07) is 0. The summed E-state index contributed by atoms with van der Waals surface area (Å²) in [5.41, 5.74) is 0. The van der Waals surface area contributed by atoms with Crippen molar-refractivity contribution in [1.29, 1.82) is 0 Å². The van der Waals surface area contributed by atoms with Gasteiger partial charge in [0.2, 0.25) is 0 Å². The van der Waals surface area contributed by atoms with Gasteiger partial charge in [0.1, 0.15) is 6.29 Å². The van der Waals surface area contributed by atoms with E-state index >= 15 is 0 Å². The molecular weight excluding hydrogens is 183 g/mol. The van der Waals surface area contributed by atoms with Crippen LogP contribution in [0.25, 0.3) is 0 Å². The summed E-state index contributed by atoms with van der Waals surface area (Å²) in [7, 11) is 0. The Labute approximate surface area is 49.3 Å². The van der Waals surface area contributed by atoms with Crippen molar-refractivity contribution in [3.8, 4) is 0 Å². The van der Waals surface area contributed by atoms with Gasteiger partial charge in [-0.15, -0.1) is 0 Å². The van der Waals surface area contributed by atoms with E-state index in [0.717, 1.165) is 6.29 Å². The molecule has 0 saturated heterocycles. The summed E-state index contributed by atoms with van der Waals surface area (Å²) >= 11 is 0.230. The zero-order valence-electron chi connectivity index (χ0n) is 4.49. The van der Waals surface area contributed by atoms with Crippen molar-refractivity contribution in [1.82, 2.24) is 0 Å². The molecule has 0 aliphatic rings. The molecule has 36 valence electrons. The van der Waals surface area contributed by atoms with E-state index in [0.29, 0.717) is 0 Å². The topological polar surface area (TPSA) is 17.1 Å². The number of rotatable bonds is 0. The number of carbonyl (C=O) groups excluding carboxylic acids is 1. The number of aldehydes is 1. The number of hydrogen-bond acceptors (Lipinski definition) is 1. The van der Waals surface area contributed by atoms with Crippen LogP contribution < -0.4 is 0 Å². The van der Waals surface area contributed by atoms with Gasteiger partial charge in [-0.3, -0.25) is 0 Å². The molecule has 0 aromatic heterocycles. The third kappa shape index (κ3) is 245. The third-order valence-corrected chi connectivity index (χ3v) is 0. The molecule has 0 heterocycles. The Morgan fingerprint density at radius 2 is 1.50 bits per heavy atom. The second-order valence-corrected chi connectivity index (χ2v) is 3.59. The van der Waals surface area contributed by atoms with Crippen LogP contribution in [-0.4, -0.2) is 27.4 Å². The molecule has 0 unspecified atom stereocenters. The van der Waals surface area contributed by atoms with Gasteiger partial charge >= 0.3 is 31.0 Å². The zero-order chi connectivity index (χ0) is 5.41. The number of carbonyl (C=O) groups is 1. The molecule has 0 aromatic rings. The van der Waals surface area contributed by atoms with Crippen molar-refractivity contribution in [3.05, 3.63) is 0 Å². The van der Waals surface area contributed by atoms with E-state index in [1.807, 2.05) is 0 Å². The molecule has 0 N–H and O–H groups in total. The second kappa shape index (κ2) is 17.9. The Hall–Kier alpha value is 0.469. The van der Waals surface area contributed by atoms with Crippen molar-refractivity contribution >= 4 is 27.4 Å². The van der Waals surface area contributed by atoms with Crippen LogP contribution in [0.15, 0.2) is 0 Å². The van der Waals surface area contributed by atoms with Gasteiger partial charge in [0.05, 0.1) is 0 Å². The first-order valence-electron chi connectivity index (χ1n) is 1.81. The van der Waals surface area contributed by atoms with Crippen molar-refractivity contribution in [2.24, 2.45) is 0 Å². The molecule has 2 radical (unpaired) electrons. The average Bonchev–Trinajstić information content (AvgIpc) is 1.39. The van der Waals surface area contributed by atoms with Gasteiger partial charge in [-0.05, 0) is 6.92 Å². The summed E-state index contributed by atoms with van der Waals surface area (Å²) in [4.78, 5) is 13.4. The third-order valence-electron chi connectivity index (χ3n) is 0. The van der Waals surface area contributed by atoms with Crippen LogP contribution >= 0.6 is 0 Å². The van der Waals surface area contributed by atoms with Gasteiger partial charge in [-0.1, -0.05) is 0 Å². The summed E-state index contributed by atoms with van der Waals surface area (Å²) in [6.07, 6.45) is 0.750. The van der Waals surface area contributed by atoms with E-state index in [2.05, 4.69) is 9.88 Å². The number of hydrogen-bond donors (Lipinski definition) is 0. The Bertz CT molecular complexity index is 21.5. The SMILES string of the molecule is CC=O.[CH3][Sn][CH3]. The van der Waals surface area contributed by atoms with Crippen molar-refractivity contribution in [2.75, 3.05) is 0 Å². The fourth-order valence-electron chi connectivity index (χ4n) is 0. The first kappa shape index (κ1) is 9.69. The van der Waals surface area contributed by atoms with Gasteiger partial charge in [0, 0.05) is 0 Å². The predicted octanol–water partition coefficient (Wildman–Crippen LogP) is 0.992. The summed E-state index contributed by atoms with van der Waals surface area (Å²) in [6.45, 7) is 1.44. The second-order valence-electron chi connectivity index (χ2n) is 0.736. The van der Waals surface area contributed by atoms with Crippen LogP contribution in [-0.2, 0) is 4.79 Å². The van der Waals surface area contributed by atoms with E-state index < -0.39 is 0 Å². The van der Waals surface area contributed by atoms with Gasteiger partial charge in [-0.25, -0.2) is 0 Å². The molecule has 0 aliphatic heterocycles. The summed E-state index contributed by atoms with van der Waals surface area (Å²) in [5.74, 6) is 0. The quantitative estimate of drug-likeness (QED) is 0.414. The Morgan fingerprint density at radius 3 is 1.50 bits per heavy atom. The van der Waals surface area contributed by atoms with E-state index in [4.69, 9.17) is 4.79 Å². The van der Waals surface area contributed by atoms with Crippen LogP contribution in [0.5, 0.6) is 0 Å². The normalized spacial score (nSPS) is 5.17. The van der Waals surface area contributed by atoms with Crippen LogP contribution in [0.2, 0.25) is 9.88 Å². The van der Waals surface area contributed by atoms with E-state index in [1.54, 1.807) is 0 Å². The van der Waals surface area contributed by atoms with Crippen molar-refractivity contribution in [2.45, 2.75) is 16.8 Å². The van der Waals surface area contributed by atoms with E-state index in [-0.39, 0.29) is 21.1 Å². The molecule has 0 aromatic carbocycles. The standard InChI is InChI=1S/C2H4O.2CH3.Sn/c1-2-3;;;/h2H,1H3;2*1H3;. The molecule has 0 aliphatic carbocycles. The Balaban J connectivity index is 0. The maximum absolute atomic E-state index is 8.81. The molecule has 0 rings (SSSR count). The minimum absolute atomic E-state index is 0.230. The fraction of sp³-hybridized carbons (Fsp3) is 0.750. The molecule has 0 bridgehead atoms. The van der Waals surface area contributed by atoms with Gasteiger partial charge < -0.3 is 4.79 Å². The average molecular weight is 193 g/mol. The first-order chi connectivity index (χ1) is 2.83. The minimum atomic E-state index is 0.230. The van der Waals surface area contributed by atoms with Crippen LogP contribution in [0, 0.1) is 0 Å². The first-order valence-corrected chi connectivity index (χ1v) is 7.52. The van der Waals surface area contributed by atoms with E-state index in [9.17, 15) is 0 Å². The molecule has 0 amide bonds. The van der Waals surface area contributed by atoms with Gasteiger partial charge in [0.25, 0.3) is 0 Å². The molecule has 1 nitrogen and oxygen atoms in total. The van der Waals surface area contributed by atoms with Crippen LogP contribution in [0.4, 0.5) is 0 Å².